The number of fused-ring (bicyclic) bond motifs is 6. The van der Waals surface area contributed by atoms with Crippen LogP contribution in [0.4, 0.5) is 0 Å². The molecule has 4 nitrogen and oxygen atoms in total. The lowest BCUT2D eigenvalue weighted by molar-refractivity contribution is 0.670. The highest BCUT2D eigenvalue weighted by molar-refractivity contribution is 7.25. The Hall–Kier alpha value is -6.43. The quantitative estimate of drug-likeness (QED) is 0.185. The van der Waals surface area contributed by atoms with E-state index in [0.717, 1.165) is 72.3 Å². The summed E-state index contributed by atoms with van der Waals surface area (Å²) < 4.78 is 9.32. The summed E-state index contributed by atoms with van der Waals surface area (Å²) in [5.41, 5.74) is 10.8. The largest absolute Gasteiger partial charge is 0.455 e. The average Bonchev–Trinajstić information content (AvgIpc) is 3.77. The van der Waals surface area contributed by atoms with Crippen LogP contribution >= 0.6 is 11.3 Å². The first kappa shape index (κ1) is 28.6. The zero-order valence-corrected chi connectivity index (χ0v) is 27.6. The fourth-order valence-corrected chi connectivity index (χ4v) is 8.20. The number of furan rings is 1. The van der Waals surface area contributed by atoms with E-state index in [1.807, 2.05) is 53.9 Å². The third-order valence-corrected chi connectivity index (χ3v) is 10.6. The molecule has 0 aliphatic rings. The molecule has 6 aromatic carbocycles. The molecule has 5 heteroatoms. The Bertz CT molecular complexity index is 2860. The molecule has 0 saturated carbocycles. The van der Waals surface area contributed by atoms with Crippen LogP contribution < -0.4 is 0 Å². The van der Waals surface area contributed by atoms with Crippen LogP contribution in [0.3, 0.4) is 0 Å². The van der Waals surface area contributed by atoms with E-state index >= 15 is 0 Å². The minimum absolute atomic E-state index is 0.675. The van der Waals surface area contributed by atoms with Crippen molar-refractivity contribution in [3.63, 3.8) is 0 Å². The van der Waals surface area contributed by atoms with Gasteiger partial charge in [-0.3, -0.25) is 4.98 Å². The summed E-state index contributed by atoms with van der Waals surface area (Å²) in [6.07, 6.45) is 3.68. The Morgan fingerprint density at radius 3 is 2.04 bits per heavy atom. The topological polar surface area (TPSA) is 51.8 Å². The summed E-state index contributed by atoms with van der Waals surface area (Å²) >= 11 is 1.83. The average molecular weight is 658 g/mol. The lowest BCUT2D eigenvalue weighted by atomic mass is 9.94. The molecule has 0 radical (unpaired) electrons. The van der Waals surface area contributed by atoms with Crippen molar-refractivity contribution in [2.24, 2.45) is 0 Å². The molecule has 0 N–H and O–H groups in total. The van der Waals surface area contributed by atoms with Gasteiger partial charge in [-0.15, -0.1) is 11.3 Å². The molecule has 10 rings (SSSR count). The molecule has 0 unspecified atom stereocenters. The molecule has 234 valence electrons. The van der Waals surface area contributed by atoms with Crippen molar-refractivity contribution in [1.82, 2.24) is 15.0 Å². The number of pyridine rings is 1. The molecular formula is C45H27N3OS. The molecular weight excluding hydrogens is 631 g/mol. The van der Waals surface area contributed by atoms with Crippen LogP contribution in [0.25, 0.3) is 98.3 Å². The predicted octanol–water partition coefficient (Wildman–Crippen LogP) is 12.5. The van der Waals surface area contributed by atoms with Gasteiger partial charge in [0, 0.05) is 65.6 Å². The van der Waals surface area contributed by atoms with Crippen molar-refractivity contribution in [3.8, 4) is 56.2 Å². The first-order chi connectivity index (χ1) is 24.8. The van der Waals surface area contributed by atoms with Crippen LogP contribution in [0.15, 0.2) is 168 Å². The van der Waals surface area contributed by atoms with Crippen molar-refractivity contribution in [3.05, 3.63) is 164 Å². The van der Waals surface area contributed by atoms with Gasteiger partial charge in [-0.25, -0.2) is 9.97 Å². The van der Waals surface area contributed by atoms with Crippen LogP contribution in [0.1, 0.15) is 0 Å². The Morgan fingerprint density at radius 2 is 1.18 bits per heavy atom. The third kappa shape index (κ3) is 4.71. The van der Waals surface area contributed by atoms with Gasteiger partial charge in [-0.05, 0) is 53.1 Å². The lowest BCUT2D eigenvalue weighted by Gasteiger charge is -2.12. The standard InChI is InChI=1S/C45H27N3OS/c1-2-10-30(11-3-1)45-47-37(29-21-19-28(20-22-29)31-12-9-25-46-27-31)26-38(48-45)34-24-23-33(44-43(34)35-13-4-6-16-39(35)49-44)32-15-8-18-41-42(32)36-14-5-7-17-40(36)50-41/h1-27H. The maximum absolute atomic E-state index is 6.78. The molecule has 0 aliphatic heterocycles. The number of hydrogen-bond acceptors (Lipinski definition) is 5. The van der Waals surface area contributed by atoms with Crippen molar-refractivity contribution >= 4 is 53.4 Å². The zero-order chi connectivity index (χ0) is 33.0. The maximum Gasteiger partial charge on any atom is 0.160 e. The van der Waals surface area contributed by atoms with E-state index in [2.05, 4.69) is 120 Å². The molecule has 0 amide bonds. The first-order valence-corrected chi connectivity index (χ1v) is 17.4. The molecule has 0 atom stereocenters. The monoisotopic (exact) mass is 657 g/mol. The molecule has 0 aliphatic carbocycles. The highest BCUT2D eigenvalue weighted by Gasteiger charge is 2.21. The highest BCUT2D eigenvalue weighted by Crippen LogP contribution is 2.46. The number of para-hydroxylation sites is 1. The molecule has 10 aromatic rings. The number of thiophene rings is 1. The molecule has 0 fully saturated rings. The molecule has 50 heavy (non-hydrogen) atoms. The van der Waals surface area contributed by atoms with E-state index < -0.39 is 0 Å². The molecule has 4 heterocycles. The fourth-order valence-electron chi connectivity index (χ4n) is 7.07. The van der Waals surface area contributed by atoms with E-state index in [-0.39, 0.29) is 0 Å². The summed E-state index contributed by atoms with van der Waals surface area (Å²) in [7, 11) is 0. The Morgan fingerprint density at radius 1 is 0.460 bits per heavy atom. The number of aromatic nitrogens is 3. The van der Waals surface area contributed by atoms with Crippen LogP contribution in [0.5, 0.6) is 0 Å². The van der Waals surface area contributed by atoms with Gasteiger partial charge >= 0.3 is 0 Å². The van der Waals surface area contributed by atoms with Crippen LogP contribution in [0, 0.1) is 0 Å². The van der Waals surface area contributed by atoms with Crippen molar-refractivity contribution in [2.45, 2.75) is 0 Å². The zero-order valence-electron chi connectivity index (χ0n) is 26.7. The smallest absolute Gasteiger partial charge is 0.160 e. The number of hydrogen-bond donors (Lipinski definition) is 0. The van der Waals surface area contributed by atoms with E-state index in [0.29, 0.717) is 5.82 Å². The normalized spacial score (nSPS) is 11.6. The van der Waals surface area contributed by atoms with Gasteiger partial charge in [0.15, 0.2) is 5.82 Å². The first-order valence-electron chi connectivity index (χ1n) is 16.6. The number of nitrogens with zero attached hydrogens (tertiary/aromatic N) is 3. The molecule has 0 bridgehead atoms. The minimum atomic E-state index is 0.675. The summed E-state index contributed by atoms with van der Waals surface area (Å²) in [4.78, 5) is 14.6. The van der Waals surface area contributed by atoms with E-state index in [9.17, 15) is 0 Å². The van der Waals surface area contributed by atoms with E-state index in [1.54, 1.807) is 6.20 Å². The second-order valence-electron chi connectivity index (χ2n) is 12.4. The second-order valence-corrected chi connectivity index (χ2v) is 13.5. The number of benzene rings is 6. The number of rotatable bonds is 5. The maximum atomic E-state index is 6.78. The van der Waals surface area contributed by atoms with E-state index in [4.69, 9.17) is 14.4 Å². The van der Waals surface area contributed by atoms with Gasteiger partial charge in [0.25, 0.3) is 0 Å². The fraction of sp³-hybridized carbons (Fsp3) is 0. The van der Waals surface area contributed by atoms with Gasteiger partial charge < -0.3 is 4.42 Å². The highest BCUT2D eigenvalue weighted by atomic mass is 32.1. The van der Waals surface area contributed by atoms with Gasteiger partial charge in [-0.1, -0.05) is 115 Å². The van der Waals surface area contributed by atoms with Crippen LogP contribution in [-0.4, -0.2) is 15.0 Å². The molecule has 4 aromatic heterocycles. The van der Waals surface area contributed by atoms with Gasteiger partial charge in [-0.2, -0.15) is 0 Å². The predicted molar refractivity (Wildman–Crippen MR) is 207 cm³/mol. The van der Waals surface area contributed by atoms with Gasteiger partial charge in [0.1, 0.15) is 11.2 Å². The van der Waals surface area contributed by atoms with Gasteiger partial charge in [0.05, 0.1) is 11.4 Å². The summed E-state index contributed by atoms with van der Waals surface area (Å²) in [5, 5.41) is 4.63. The second kappa shape index (κ2) is 11.6. The Labute approximate surface area is 292 Å². The molecule has 0 spiro atoms. The van der Waals surface area contributed by atoms with Crippen molar-refractivity contribution < 1.29 is 4.42 Å². The summed E-state index contributed by atoms with van der Waals surface area (Å²) in [6.45, 7) is 0. The van der Waals surface area contributed by atoms with Crippen LogP contribution in [0.2, 0.25) is 0 Å². The SMILES string of the molecule is c1ccc(-c2nc(-c3ccc(-c4cccnc4)cc3)cc(-c3ccc(-c4cccc5sc6ccccc6c45)c4oc5ccccc5c34)n2)cc1. The molecule has 0 saturated heterocycles. The van der Waals surface area contributed by atoms with Crippen molar-refractivity contribution in [2.75, 3.05) is 0 Å². The van der Waals surface area contributed by atoms with Crippen molar-refractivity contribution in [1.29, 1.82) is 0 Å². The minimum Gasteiger partial charge on any atom is -0.455 e. The van der Waals surface area contributed by atoms with E-state index in [1.165, 1.54) is 20.2 Å². The van der Waals surface area contributed by atoms with Crippen LogP contribution in [-0.2, 0) is 0 Å². The summed E-state index contributed by atoms with van der Waals surface area (Å²) in [6, 6.07) is 52.8. The lowest BCUT2D eigenvalue weighted by Crippen LogP contribution is -1.96. The van der Waals surface area contributed by atoms with Gasteiger partial charge in [0.2, 0.25) is 0 Å². The Kier molecular flexibility index (Phi) is 6.64. The Balaban J connectivity index is 1.21. The summed E-state index contributed by atoms with van der Waals surface area (Å²) in [5.74, 6) is 0.675. The third-order valence-electron chi connectivity index (χ3n) is 9.43.